The van der Waals surface area contributed by atoms with Gasteiger partial charge in [-0.1, -0.05) is 6.07 Å². The second-order valence-corrected chi connectivity index (χ2v) is 8.03. The summed E-state index contributed by atoms with van der Waals surface area (Å²) in [4.78, 5) is 12.0. The van der Waals surface area contributed by atoms with Crippen LogP contribution in [0.3, 0.4) is 0 Å². The van der Waals surface area contributed by atoms with E-state index >= 15 is 0 Å². The minimum Gasteiger partial charge on any atom is -0.357 e. The van der Waals surface area contributed by atoms with Crippen molar-refractivity contribution in [3.05, 3.63) is 23.9 Å². The zero-order valence-corrected chi connectivity index (χ0v) is 15.3. The van der Waals surface area contributed by atoms with E-state index < -0.39 is 0 Å². The lowest BCUT2D eigenvalue weighted by Crippen LogP contribution is -2.42. The third-order valence-corrected chi connectivity index (χ3v) is 5.72. The van der Waals surface area contributed by atoms with Crippen molar-refractivity contribution < 1.29 is 0 Å². The molecule has 0 aliphatic carbocycles. The number of hydrogen-bond donors (Lipinski definition) is 0. The summed E-state index contributed by atoms with van der Waals surface area (Å²) in [5.41, 5.74) is 1.89. The lowest BCUT2D eigenvalue weighted by Gasteiger charge is -2.38. The van der Waals surface area contributed by atoms with E-state index in [0.717, 1.165) is 12.4 Å². The Labute approximate surface area is 141 Å². The molecule has 2 aliphatic rings. The predicted octanol–water partition coefficient (Wildman–Crippen LogP) is 2.84. The van der Waals surface area contributed by atoms with E-state index in [1.54, 1.807) is 0 Å². The number of likely N-dealkylation sites (tertiary alicyclic amines) is 2. The summed E-state index contributed by atoms with van der Waals surface area (Å²) in [5.74, 6) is 1.07. The molecule has 4 heteroatoms. The zero-order valence-electron chi connectivity index (χ0n) is 15.3. The van der Waals surface area contributed by atoms with Crippen molar-refractivity contribution in [2.75, 3.05) is 45.2 Å². The van der Waals surface area contributed by atoms with Gasteiger partial charge in [0.1, 0.15) is 5.82 Å². The van der Waals surface area contributed by atoms with Crippen LogP contribution in [-0.4, -0.2) is 61.1 Å². The predicted molar refractivity (Wildman–Crippen MR) is 96.8 cm³/mol. The standard InChI is InChI=1S/C19H32N4/c1-16(2)22(4)18-7-6-17(12-20-18)13-23-11-9-19(15-23)8-5-10-21(3)14-19/h6-7,12,16H,5,8-11,13-15H2,1-4H3. The molecular formula is C19H32N4. The molecule has 23 heavy (non-hydrogen) atoms. The topological polar surface area (TPSA) is 22.6 Å². The summed E-state index contributed by atoms with van der Waals surface area (Å²) in [6.45, 7) is 10.5. The summed E-state index contributed by atoms with van der Waals surface area (Å²) in [7, 11) is 4.38. The van der Waals surface area contributed by atoms with Crippen LogP contribution >= 0.6 is 0 Å². The highest BCUT2D eigenvalue weighted by Gasteiger charge is 2.40. The highest BCUT2D eigenvalue weighted by atomic mass is 15.2. The first-order valence-electron chi connectivity index (χ1n) is 9.06. The molecule has 0 amide bonds. The lowest BCUT2D eigenvalue weighted by atomic mass is 9.79. The van der Waals surface area contributed by atoms with Gasteiger partial charge in [0, 0.05) is 38.9 Å². The number of aromatic nitrogens is 1. The van der Waals surface area contributed by atoms with Gasteiger partial charge in [-0.05, 0) is 70.3 Å². The van der Waals surface area contributed by atoms with Gasteiger partial charge >= 0.3 is 0 Å². The first-order chi connectivity index (χ1) is 11.0. The monoisotopic (exact) mass is 316 g/mol. The molecule has 1 atom stereocenters. The number of pyridine rings is 1. The molecule has 2 fully saturated rings. The Bertz CT molecular complexity index is 513. The van der Waals surface area contributed by atoms with Gasteiger partial charge in [-0.15, -0.1) is 0 Å². The molecule has 1 aromatic rings. The van der Waals surface area contributed by atoms with Crippen LogP contribution in [0.2, 0.25) is 0 Å². The average molecular weight is 316 g/mol. The summed E-state index contributed by atoms with van der Waals surface area (Å²) in [5, 5.41) is 0. The Morgan fingerprint density at radius 3 is 2.70 bits per heavy atom. The Kier molecular flexibility index (Phi) is 4.93. The van der Waals surface area contributed by atoms with Crippen molar-refractivity contribution in [2.24, 2.45) is 5.41 Å². The molecule has 2 aliphatic heterocycles. The Morgan fingerprint density at radius 2 is 2.04 bits per heavy atom. The zero-order chi connectivity index (χ0) is 16.4. The summed E-state index contributed by atoms with van der Waals surface area (Å²) >= 11 is 0. The largest absolute Gasteiger partial charge is 0.357 e. The van der Waals surface area contributed by atoms with Crippen molar-refractivity contribution in [3.63, 3.8) is 0 Å². The van der Waals surface area contributed by atoms with Crippen LogP contribution in [-0.2, 0) is 6.54 Å². The van der Waals surface area contributed by atoms with E-state index in [1.165, 1.54) is 51.0 Å². The second-order valence-electron chi connectivity index (χ2n) is 8.03. The van der Waals surface area contributed by atoms with Crippen LogP contribution in [0.15, 0.2) is 18.3 Å². The normalized spacial score (nSPS) is 26.3. The minimum atomic E-state index is 0.482. The fraction of sp³-hybridized carbons (Fsp3) is 0.737. The van der Waals surface area contributed by atoms with E-state index in [1.807, 2.05) is 0 Å². The maximum atomic E-state index is 4.65. The third kappa shape index (κ3) is 3.86. The molecule has 1 spiro atoms. The first kappa shape index (κ1) is 16.7. The van der Waals surface area contributed by atoms with Crippen LogP contribution in [0.25, 0.3) is 0 Å². The van der Waals surface area contributed by atoms with Crippen molar-refractivity contribution in [1.82, 2.24) is 14.8 Å². The van der Waals surface area contributed by atoms with E-state index in [2.05, 4.69) is 66.0 Å². The van der Waals surface area contributed by atoms with Crippen LogP contribution < -0.4 is 4.90 Å². The van der Waals surface area contributed by atoms with E-state index in [9.17, 15) is 0 Å². The van der Waals surface area contributed by atoms with Gasteiger partial charge in [0.2, 0.25) is 0 Å². The average Bonchev–Trinajstić information content (AvgIpc) is 2.89. The molecular weight excluding hydrogens is 284 g/mol. The summed E-state index contributed by atoms with van der Waals surface area (Å²) in [6, 6.07) is 4.89. The van der Waals surface area contributed by atoms with Crippen LogP contribution in [0.1, 0.15) is 38.7 Å². The molecule has 0 saturated carbocycles. The Morgan fingerprint density at radius 1 is 1.22 bits per heavy atom. The number of rotatable bonds is 4. The number of nitrogens with zero attached hydrogens (tertiary/aromatic N) is 4. The number of hydrogen-bond acceptors (Lipinski definition) is 4. The van der Waals surface area contributed by atoms with Gasteiger partial charge in [0.05, 0.1) is 0 Å². The molecule has 128 valence electrons. The highest BCUT2D eigenvalue weighted by Crippen LogP contribution is 2.38. The smallest absolute Gasteiger partial charge is 0.128 e. The molecule has 0 radical (unpaired) electrons. The van der Waals surface area contributed by atoms with Gasteiger partial charge in [-0.3, -0.25) is 4.90 Å². The number of piperidine rings is 1. The maximum absolute atomic E-state index is 4.65. The second kappa shape index (κ2) is 6.78. The van der Waals surface area contributed by atoms with E-state index in [4.69, 9.17) is 0 Å². The van der Waals surface area contributed by atoms with Crippen LogP contribution in [0.4, 0.5) is 5.82 Å². The maximum Gasteiger partial charge on any atom is 0.128 e. The molecule has 0 N–H and O–H groups in total. The van der Waals surface area contributed by atoms with Gasteiger partial charge in [-0.25, -0.2) is 4.98 Å². The molecule has 3 rings (SSSR count). The fourth-order valence-electron chi connectivity index (χ4n) is 4.19. The van der Waals surface area contributed by atoms with Crippen LogP contribution in [0, 0.1) is 5.41 Å². The van der Waals surface area contributed by atoms with Crippen molar-refractivity contribution in [1.29, 1.82) is 0 Å². The van der Waals surface area contributed by atoms with E-state index in [0.29, 0.717) is 11.5 Å². The molecule has 1 unspecified atom stereocenters. The van der Waals surface area contributed by atoms with Gasteiger partial charge in [-0.2, -0.15) is 0 Å². The molecule has 0 bridgehead atoms. The first-order valence-corrected chi connectivity index (χ1v) is 9.06. The van der Waals surface area contributed by atoms with Crippen molar-refractivity contribution in [2.45, 2.75) is 45.7 Å². The Hall–Kier alpha value is -1.13. The molecule has 0 aromatic carbocycles. The Balaban J connectivity index is 1.58. The summed E-state index contributed by atoms with van der Waals surface area (Å²) in [6.07, 6.45) is 6.19. The molecule has 4 nitrogen and oxygen atoms in total. The minimum absolute atomic E-state index is 0.482. The van der Waals surface area contributed by atoms with Gasteiger partial charge in [0.25, 0.3) is 0 Å². The quantitative estimate of drug-likeness (QED) is 0.852. The lowest BCUT2D eigenvalue weighted by molar-refractivity contribution is 0.112. The third-order valence-electron chi connectivity index (χ3n) is 5.72. The van der Waals surface area contributed by atoms with E-state index in [-0.39, 0.29) is 0 Å². The fourth-order valence-corrected chi connectivity index (χ4v) is 4.19. The molecule has 1 aromatic heterocycles. The molecule has 2 saturated heterocycles. The summed E-state index contributed by atoms with van der Waals surface area (Å²) < 4.78 is 0. The van der Waals surface area contributed by atoms with Crippen molar-refractivity contribution >= 4 is 5.82 Å². The van der Waals surface area contributed by atoms with Crippen molar-refractivity contribution in [3.8, 4) is 0 Å². The SMILES string of the molecule is CC(C)N(C)c1ccc(CN2CCC3(CCCN(C)C3)C2)cn1. The van der Waals surface area contributed by atoms with Gasteiger partial charge < -0.3 is 9.80 Å². The number of anilines is 1. The highest BCUT2D eigenvalue weighted by molar-refractivity contribution is 5.39. The molecule has 3 heterocycles. The van der Waals surface area contributed by atoms with Gasteiger partial charge in [0.15, 0.2) is 0 Å². The van der Waals surface area contributed by atoms with Crippen LogP contribution in [0.5, 0.6) is 0 Å².